The van der Waals surface area contributed by atoms with E-state index in [0.29, 0.717) is 10.3 Å². The number of carbonyl (C=O) groups is 1. The Hall–Kier alpha value is -2.33. The molecule has 0 radical (unpaired) electrons. The summed E-state index contributed by atoms with van der Waals surface area (Å²) in [5.74, 6) is -1.48. The molecule has 3 aromatic rings. The van der Waals surface area contributed by atoms with Crippen LogP contribution in [0.4, 0.5) is 0 Å². The van der Waals surface area contributed by atoms with Crippen molar-refractivity contribution in [2.45, 2.75) is 17.0 Å². The smallest absolute Gasteiger partial charge is 0.324 e. The second kappa shape index (κ2) is 6.89. The number of nitrogens with one attached hydrogen (secondary N) is 1. The summed E-state index contributed by atoms with van der Waals surface area (Å²) in [6, 6.07) is 10.9. The van der Waals surface area contributed by atoms with Gasteiger partial charge in [-0.15, -0.1) is 11.3 Å². The van der Waals surface area contributed by atoms with Gasteiger partial charge in [0.2, 0.25) is 10.0 Å². The van der Waals surface area contributed by atoms with Crippen molar-refractivity contribution >= 4 is 37.5 Å². The normalized spacial score (nSPS) is 14.3. The Kier molecular flexibility index (Phi) is 4.82. The molecule has 25 heavy (non-hydrogen) atoms. The summed E-state index contributed by atoms with van der Waals surface area (Å²) in [5.41, 5.74) is 2.07. The summed E-state index contributed by atoms with van der Waals surface area (Å²) in [5, 5.41) is 19.7. The van der Waals surface area contributed by atoms with Crippen molar-refractivity contribution < 1.29 is 23.4 Å². The predicted molar refractivity (Wildman–Crippen MR) is 92.8 cm³/mol. The van der Waals surface area contributed by atoms with Crippen LogP contribution in [0, 0.1) is 0 Å². The number of rotatable bonds is 6. The maximum Gasteiger partial charge on any atom is 0.324 e. The first-order valence-corrected chi connectivity index (χ1v) is 9.57. The number of hydrogen-bond acceptors (Lipinski definition) is 6. The molecule has 9 heteroatoms. The van der Waals surface area contributed by atoms with Gasteiger partial charge in [0.1, 0.15) is 22.6 Å². The number of carboxylic acid groups (broad SMARTS) is 1. The highest BCUT2D eigenvalue weighted by Gasteiger charge is 2.33. The van der Waals surface area contributed by atoms with Crippen molar-refractivity contribution in [1.82, 2.24) is 9.71 Å². The van der Waals surface area contributed by atoms with Gasteiger partial charge in [-0.2, -0.15) is 4.72 Å². The third kappa shape index (κ3) is 3.54. The van der Waals surface area contributed by atoms with E-state index in [1.807, 2.05) is 0 Å². The first kappa shape index (κ1) is 17.5. The van der Waals surface area contributed by atoms with E-state index in [1.165, 1.54) is 35.0 Å². The maximum atomic E-state index is 12.7. The van der Waals surface area contributed by atoms with E-state index >= 15 is 0 Å². The van der Waals surface area contributed by atoms with Crippen LogP contribution in [0.1, 0.15) is 11.7 Å². The lowest BCUT2D eigenvalue weighted by Gasteiger charge is -2.20. The fraction of sp³-hybridized carbons (Fsp3) is 0.125. The molecule has 0 amide bonds. The highest BCUT2D eigenvalue weighted by atomic mass is 32.2. The van der Waals surface area contributed by atoms with Crippen LogP contribution in [0.5, 0.6) is 0 Å². The Morgan fingerprint density at radius 1 is 1.12 bits per heavy atom. The summed E-state index contributed by atoms with van der Waals surface area (Å²) < 4.78 is 28.1. The van der Waals surface area contributed by atoms with Crippen LogP contribution in [-0.4, -0.2) is 35.6 Å². The van der Waals surface area contributed by atoms with E-state index < -0.39 is 28.1 Å². The minimum absolute atomic E-state index is 0.127. The van der Waals surface area contributed by atoms with E-state index in [0.717, 1.165) is 0 Å². The molecule has 0 aliphatic rings. The zero-order chi connectivity index (χ0) is 18.0. The number of fused-ring (bicyclic) bond motifs is 1. The predicted octanol–water partition coefficient (Wildman–Crippen LogP) is 1.76. The van der Waals surface area contributed by atoms with Crippen LogP contribution in [-0.2, 0) is 14.8 Å². The first-order valence-electron chi connectivity index (χ1n) is 7.20. The van der Waals surface area contributed by atoms with Crippen molar-refractivity contribution in [2.24, 2.45) is 0 Å². The van der Waals surface area contributed by atoms with Crippen molar-refractivity contribution in [3.8, 4) is 0 Å². The SMILES string of the molecule is O=C(O)C(NS(=O)(=O)c1cccc2scnc12)C(O)c1ccccc1. The molecule has 3 N–H and O–H groups in total. The van der Waals surface area contributed by atoms with Gasteiger partial charge < -0.3 is 10.2 Å². The average Bonchev–Trinajstić information content (AvgIpc) is 3.08. The number of carboxylic acids is 1. The average molecular weight is 378 g/mol. The Morgan fingerprint density at radius 2 is 1.84 bits per heavy atom. The number of aliphatic hydroxyl groups is 1. The fourth-order valence-electron chi connectivity index (χ4n) is 2.40. The highest BCUT2D eigenvalue weighted by Crippen LogP contribution is 2.26. The molecule has 1 aromatic heterocycles. The molecule has 0 saturated heterocycles. The number of nitrogens with zero attached hydrogens (tertiary/aromatic N) is 1. The second-order valence-corrected chi connectivity index (χ2v) is 7.82. The quantitative estimate of drug-likeness (QED) is 0.602. The second-order valence-electron chi connectivity index (χ2n) is 5.25. The molecule has 0 spiro atoms. The molecular formula is C16H14N2O5S2. The van der Waals surface area contributed by atoms with Crippen LogP contribution in [0.3, 0.4) is 0 Å². The van der Waals surface area contributed by atoms with Crippen LogP contribution >= 0.6 is 11.3 Å². The summed E-state index contributed by atoms with van der Waals surface area (Å²) in [4.78, 5) is 15.4. The number of thiazole rings is 1. The van der Waals surface area contributed by atoms with Gasteiger partial charge in [-0.3, -0.25) is 4.79 Å². The van der Waals surface area contributed by atoms with Crippen LogP contribution in [0.2, 0.25) is 0 Å². The summed E-state index contributed by atoms with van der Waals surface area (Å²) in [6.07, 6.45) is -1.54. The molecular weight excluding hydrogens is 364 g/mol. The zero-order valence-corrected chi connectivity index (χ0v) is 14.4. The van der Waals surface area contributed by atoms with E-state index in [-0.39, 0.29) is 10.4 Å². The number of hydrogen-bond donors (Lipinski definition) is 3. The molecule has 3 rings (SSSR count). The van der Waals surface area contributed by atoms with Crippen molar-refractivity contribution in [2.75, 3.05) is 0 Å². The van der Waals surface area contributed by atoms with Crippen LogP contribution < -0.4 is 4.72 Å². The van der Waals surface area contributed by atoms with Gasteiger partial charge in [0.15, 0.2) is 0 Å². The van der Waals surface area contributed by atoms with Gasteiger partial charge in [-0.05, 0) is 17.7 Å². The third-order valence-electron chi connectivity index (χ3n) is 3.62. The van der Waals surface area contributed by atoms with Gasteiger partial charge in [-0.1, -0.05) is 36.4 Å². The van der Waals surface area contributed by atoms with Gasteiger partial charge in [0.05, 0.1) is 10.2 Å². The summed E-state index contributed by atoms with van der Waals surface area (Å²) in [7, 11) is -4.20. The number of benzene rings is 2. The Morgan fingerprint density at radius 3 is 2.52 bits per heavy atom. The largest absolute Gasteiger partial charge is 0.480 e. The maximum absolute atomic E-state index is 12.7. The Labute approximate surface area is 147 Å². The zero-order valence-electron chi connectivity index (χ0n) is 12.7. The number of para-hydroxylation sites is 1. The van der Waals surface area contributed by atoms with E-state index in [2.05, 4.69) is 9.71 Å². The molecule has 0 saturated carbocycles. The lowest BCUT2D eigenvalue weighted by Crippen LogP contribution is -2.45. The molecule has 0 fully saturated rings. The number of aromatic nitrogens is 1. The van der Waals surface area contributed by atoms with E-state index in [1.54, 1.807) is 30.3 Å². The monoisotopic (exact) mass is 378 g/mol. The topological polar surface area (TPSA) is 117 Å². The van der Waals surface area contributed by atoms with Crippen LogP contribution in [0.25, 0.3) is 10.2 Å². The van der Waals surface area contributed by atoms with Gasteiger partial charge in [0, 0.05) is 0 Å². The van der Waals surface area contributed by atoms with Gasteiger partial charge >= 0.3 is 5.97 Å². The number of sulfonamides is 1. The number of aliphatic carboxylic acids is 1. The molecule has 130 valence electrons. The van der Waals surface area contributed by atoms with Crippen molar-refractivity contribution in [1.29, 1.82) is 0 Å². The molecule has 2 unspecified atom stereocenters. The highest BCUT2D eigenvalue weighted by molar-refractivity contribution is 7.89. The molecule has 0 aliphatic carbocycles. The van der Waals surface area contributed by atoms with Crippen molar-refractivity contribution in [3.63, 3.8) is 0 Å². The van der Waals surface area contributed by atoms with E-state index in [9.17, 15) is 23.4 Å². The third-order valence-corrected chi connectivity index (χ3v) is 5.88. The summed E-state index contributed by atoms with van der Waals surface area (Å²) >= 11 is 1.28. The lowest BCUT2D eigenvalue weighted by atomic mass is 10.0. The number of aliphatic hydroxyl groups excluding tert-OH is 1. The van der Waals surface area contributed by atoms with Crippen LogP contribution in [0.15, 0.2) is 58.9 Å². The lowest BCUT2D eigenvalue weighted by molar-refractivity contribution is -0.141. The molecule has 2 aromatic carbocycles. The standard InChI is InChI=1S/C16H14N2O5S2/c19-15(10-5-2-1-3-6-10)14(16(20)21)18-25(22,23)12-8-4-7-11-13(12)17-9-24-11/h1-9,14-15,18-19H,(H,20,21). The minimum atomic E-state index is -4.20. The molecule has 2 atom stereocenters. The minimum Gasteiger partial charge on any atom is -0.480 e. The summed E-state index contributed by atoms with van der Waals surface area (Å²) in [6.45, 7) is 0. The molecule has 0 bridgehead atoms. The first-order chi connectivity index (χ1) is 11.9. The molecule has 1 heterocycles. The fourth-order valence-corrected chi connectivity index (χ4v) is 4.53. The van der Waals surface area contributed by atoms with Gasteiger partial charge in [0.25, 0.3) is 0 Å². The van der Waals surface area contributed by atoms with E-state index in [4.69, 9.17) is 0 Å². The molecule has 7 nitrogen and oxygen atoms in total. The van der Waals surface area contributed by atoms with Gasteiger partial charge in [-0.25, -0.2) is 13.4 Å². The van der Waals surface area contributed by atoms with Crippen molar-refractivity contribution in [3.05, 3.63) is 59.6 Å². The Balaban J connectivity index is 1.97. The Bertz CT molecular complexity index is 1000. The molecule has 0 aliphatic heterocycles.